The molecule has 1 fully saturated rings. The number of hydrogen-bond acceptors (Lipinski definition) is 4. The van der Waals surface area contributed by atoms with Crippen molar-refractivity contribution < 1.29 is 32.2 Å². The van der Waals surface area contributed by atoms with Gasteiger partial charge in [-0.2, -0.15) is 0 Å². The molecule has 0 bridgehead atoms. The Morgan fingerprint density at radius 3 is 2.39 bits per heavy atom. The van der Waals surface area contributed by atoms with E-state index in [-0.39, 0.29) is 29.6 Å². The second-order valence-corrected chi connectivity index (χ2v) is 9.16. The Morgan fingerprint density at radius 1 is 1.03 bits per heavy atom. The average molecular weight is 506 g/mol. The number of hydrogen-bond donors (Lipinski definition) is 2. The van der Waals surface area contributed by atoms with E-state index in [9.17, 15) is 22.8 Å². The van der Waals surface area contributed by atoms with Crippen LogP contribution in [0.2, 0.25) is 0 Å². The number of ether oxygens (including phenoxy) is 2. The second-order valence-electron chi connectivity index (χ2n) is 9.16. The molecule has 3 amide bonds. The van der Waals surface area contributed by atoms with Crippen LogP contribution in [0.4, 0.5) is 23.7 Å². The fourth-order valence-electron chi connectivity index (χ4n) is 4.87. The molecule has 2 aliphatic rings. The Bertz CT molecular complexity index is 1070. The monoisotopic (exact) mass is 505 g/mol. The van der Waals surface area contributed by atoms with Crippen LogP contribution in [0.25, 0.3) is 0 Å². The van der Waals surface area contributed by atoms with Gasteiger partial charge in [0.05, 0.1) is 7.11 Å². The van der Waals surface area contributed by atoms with Gasteiger partial charge in [0.1, 0.15) is 11.5 Å². The molecule has 0 atom stereocenters. The Kier molecular flexibility index (Phi) is 7.91. The summed E-state index contributed by atoms with van der Waals surface area (Å²) in [5.74, 6) is 0.292. The van der Waals surface area contributed by atoms with Crippen molar-refractivity contribution in [2.75, 3.05) is 18.6 Å². The van der Waals surface area contributed by atoms with Gasteiger partial charge in [0.2, 0.25) is 5.91 Å². The van der Waals surface area contributed by atoms with E-state index in [0.717, 1.165) is 11.3 Å². The molecule has 1 heterocycles. The van der Waals surface area contributed by atoms with Gasteiger partial charge in [-0.3, -0.25) is 4.79 Å². The molecule has 4 rings (SSSR count). The molecule has 194 valence electrons. The van der Waals surface area contributed by atoms with Crippen molar-refractivity contribution in [1.29, 1.82) is 0 Å². The number of anilines is 1. The number of carbonyl (C=O) groups excluding carboxylic acids is 2. The highest BCUT2D eigenvalue weighted by Crippen LogP contribution is 2.35. The minimum atomic E-state index is -4.75. The lowest BCUT2D eigenvalue weighted by Crippen LogP contribution is -2.46. The van der Waals surface area contributed by atoms with Crippen LogP contribution in [0.1, 0.15) is 43.2 Å². The van der Waals surface area contributed by atoms with E-state index >= 15 is 0 Å². The van der Waals surface area contributed by atoms with Crippen LogP contribution in [0, 0.1) is 5.92 Å². The average Bonchev–Trinajstić information content (AvgIpc) is 2.86. The molecule has 0 aromatic heterocycles. The predicted octanol–water partition coefficient (Wildman–Crippen LogP) is 4.93. The van der Waals surface area contributed by atoms with Gasteiger partial charge in [-0.05, 0) is 80.0 Å². The van der Waals surface area contributed by atoms with Gasteiger partial charge in [0.15, 0.2) is 0 Å². The zero-order chi connectivity index (χ0) is 25.7. The van der Waals surface area contributed by atoms with Crippen LogP contribution < -0.4 is 25.0 Å². The summed E-state index contributed by atoms with van der Waals surface area (Å²) >= 11 is 0. The molecule has 0 unspecified atom stereocenters. The largest absolute Gasteiger partial charge is 0.573 e. The Balaban J connectivity index is 1.26. The van der Waals surface area contributed by atoms with Crippen molar-refractivity contribution in [3.8, 4) is 11.5 Å². The third kappa shape index (κ3) is 6.61. The number of aryl methyl sites for hydroxylation is 1. The summed E-state index contributed by atoms with van der Waals surface area (Å²) < 4.78 is 46.8. The molecular weight excluding hydrogens is 475 g/mol. The zero-order valence-corrected chi connectivity index (χ0v) is 20.1. The summed E-state index contributed by atoms with van der Waals surface area (Å²) in [6.07, 6.45) is -0.822. The highest BCUT2D eigenvalue weighted by atomic mass is 19.4. The van der Waals surface area contributed by atoms with Crippen LogP contribution in [0.5, 0.6) is 11.5 Å². The summed E-state index contributed by atoms with van der Waals surface area (Å²) in [6, 6.07) is 11.3. The molecule has 36 heavy (non-hydrogen) atoms. The van der Waals surface area contributed by atoms with E-state index in [1.165, 1.54) is 18.2 Å². The highest BCUT2D eigenvalue weighted by Gasteiger charge is 2.34. The second kappa shape index (κ2) is 11.1. The first-order valence-corrected chi connectivity index (χ1v) is 12.1. The normalized spacial score (nSPS) is 19.7. The van der Waals surface area contributed by atoms with Crippen LogP contribution in [-0.2, 0) is 17.8 Å². The van der Waals surface area contributed by atoms with Crippen LogP contribution in [0.3, 0.4) is 0 Å². The number of alkyl halides is 3. The fourth-order valence-corrected chi connectivity index (χ4v) is 4.87. The molecule has 2 aromatic carbocycles. The van der Waals surface area contributed by atoms with Gasteiger partial charge in [-0.25, -0.2) is 4.79 Å². The van der Waals surface area contributed by atoms with Crippen molar-refractivity contribution in [3.63, 3.8) is 0 Å². The van der Waals surface area contributed by atoms with Gasteiger partial charge in [-0.1, -0.05) is 12.1 Å². The van der Waals surface area contributed by atoms with E-state index in [1.807, 2.05) is 24.3 Å². The van der Waals surface area contributed by atoms with Crippen LogP contribution >= 0.6 is 0 Å². The number of rotatable bonds is 6. The third-order valence-electron chi connectivity index (χ3n) is 6.69. The van der Waals surface area contributed by atoms with Crippen molar-refractivity contribution >= 4 is 17.6 Å². The summed E-state index contributed by atoms with van der Waals surface area (Å²) in [5, 5.41) is 5.84. The number of benzene rings is 2. The minimum absolute atomic E-state index is 0.0113. The number of nitrogens with one attached hydrogen (secondary N) is 2. The smallest absolute Gasteiger partial charge is 0.497 e. The van der Waals surface area contributed by atoms with E-state index in [2.05, 4.69) is 15.4 Å². The van der Waals surface area contributed by atoms with Gasteiger partial charge in [0, 0.05) is 30.7 Å². The van der Waals surface area contributed by atoms with Crippen LogP contribution in [0.15, 0.2) is 42.5 Å². The van der Waals surface area contributed by atoms with Crippen molar-refractivity contribution in [1.82, 2.24) is 10.6 Å². The maximum Gasteiger partial charge on any atom is 0.573 e. The van der Waals surface area contributed by atoms with Crippen molar-refractivity contribution in [2.24, 2.45) is 5.92 Å². The molecule has 1 aliphatic heterocycles. The zero-order valence-electron chi connectivity index (χ0n) is 20.1. The molecule has 10 heteroatoms. The number of methoxy groups -OCH3 is 1. The molecule has 0 saturated heterocycles. The lowest BCUT2D eigenvalue weighted by atomic mass is 9.84. The molecule has 1 saturated carbocycles. The number of amides is 3. The maximum absolute atomic E-state index is 13.3. The Morgan fingerprint density at radius 2 is 1.72 bits per heavy atom. The number of fused-ring (bicyclic) bond motifs is 1. The molecule has 0 radical (unpaired) electrons. The Labute approximate surface area is 207 Å². The summed E-state index contributed by atoms with van der Waals surface area (Å²) in [5.41, 5.74) is 2.29. The minimum Gasteiger partial charge on any atom is -0.497 e. The lowest BCUT2D eigenvalue weighted by molar-refractivity contribution is -0.274. The molecule has 2 N–H and O–H groups in total. The summed E-state index contributed by atoms with van der Waals surface area (Å²) in [4.78, 5) is 27.3. The fraction of sp³-hybridized carbons (Fsp3) is 0.462. The number of halogens is 3. The predicted molar refractivity (Wildman–Crippen MR) is 128 cm³/mol. The standard InChI is InChI=1S/C26H30F3N3O4/c1-35-21-10-4-17(5-11-21)16-30-25(34)31-20-8-6-18(7-9-20)24(33)32-14-2-3-19-15-22(12-13-23(19)32)36-26(27,28)29/h4-5,10-13,15,18,20H,2-3,6-9,14,16H2,1H3,(H2,30,31,34). The van der Waals surface area contributed by atoms with Crippen molar-refractivity contribution in [3.05, 3.63) is 53.6 Å². The summed E-state index contributed by atoms with van der Waals surface area (Å²) in [7, 11) is 1.60. The number of urea groups is 1. The van der Waals surface area contributed by atoms with E-state index < -0.39 is 6.36 Å². The first-order valence-electron chi connectivity index (χ1n) is 12.1. The molecular formula is C26H30F3N3O4. The lowest BCUT2D eigenvalue weighted by Gasteiger charge is -2.35. The number of nitrogens with zero attached hydrogens (tertiary/aromatic N) is 1. The van der Waals surface area contributed by atoms with Crippen molar-refractivity contribution in [2.45, 2.75) is 57.5 Å². The van der Waals surface area contributed by atoms with Gasteiger partial charge in [-0.15, -0.1) is 13.2 Å². The highest BCUT2D eigenvalue weighted by molar-refractivity contribution is 5.96. The SMILES string of the molecule is COc1ccc(CNC(=O)NC2CCC(C(=O)N3CCCc4cc(OC(F)(F)F)ccc43)CC2)cc1. The molecule has 2 aromatic rings. The quantitative estimate of drug-likeness (QED) is 0.584. The van der Waals surface area contributed by atoms with Gasteiger partial charge in [0.25, 0.3) is 0 Å². The molecule has 1 aliphatic carbocycles. The van der Waals surface area contributed by atoms with Crippen LogP contribution in [-0.4, -0.2) is 38.0 Å². The maximum atomic E-state index is 13.3. The Hall–Kier alpha value is -3.43. The topological polar surface area (TPSA) is 79.9 Å². The first-order chi connectivity index (χ1) is 17.2. The van der Waals surface area contributed by atoms with E-state index in [0.29, 0.717) is 62.9 Å². The summed E-state index contributed by atoms with van der Waals surface area (Å²) in [6.45, 7) is 0.936. The van der Waals surface area contributed by atoms with Gasteiger partial charge >= 0.3 is 12.4 Å². The van der Waals surface area contributed by atoms with E-state index in [1.54, 1.807) is 12.0 Å². The molecule has 0 spiro atoms. The first kappa shape index (κ1) is 25.7. The number of carbonyl (C=O) groups is 2. The van der Waals surface area contributed by atoms with E-state index in [4.69, 9.17) is 4.74 Å². The van der Waals surface area contributed by atoms with Gasteiger partial charge < -0.3 is 25.0 Å². The third-order valence-corrected chi connectivity index (χ3v) is 6.69. The molecule has 7 nitrogen and oxygen atoms in total.